The predicted octanol–water partition coefficient (Wildman–Crippen LogP) is 6.57. The molecule has 1 atom stereocenters. The minimum absolute atomic E-state index is 0.0423. The average Bonchev–Trinajstić information content (AvgIpc) is 3.69. The Morgan fingerprint density at radius 1 is 1.22 bits per heavy atom. The molecular weight excluding hydrogens is 622 g/mol. The number of hydrogen-bond donors (Lipinski definition) is 3. The number of aliphatic hydroxyl groups excluding tert-OH is 1. The lowest BCUT2D eigenvalue weighted by Crippen LogP contribution is -2.38. The van der Waals surface area contributed by atoms with Gasteiger partial charge in [0, 0.05) is 45.5 Å². The smallest absolute Gasteiger partial charge is 0.285 e. The first-order valence-corrected chi connectivity index (χ1v) is 15.2. The summed E-state index contributed by atoms with van der Waals surface area (Å²) in [5.41, 5.74) is 2.62. The summed E-state index contributed by atoms with van der Waals surface area (Å²) in [4.78, 5) is 18.5. The highest BCUT2D eigenvalue weighted by molar-refractivity contribution is 7.18. The van der Waals surface area contributed by atoms with Crippen LogP contribution in [0.15, 0.2) is 60.5 Å². The molecule has 0 radical (unpaired) electrons. The first kappa shape index (κ1) is 31.4. The molecule has 0 aliphatic carbocycles. The number of rotatable bonds is 9. The molecule has 1 aliphatic rings. The van der Waals surface area contributed by atoms with Gasteiger partial charge in [0.15, 0.2) is 0 Å². The number of hydrogen-bond acceptors (Lipinski definition) is 7. The topological polar surface area (TPSA) is 103 Å². The molecule has 13 heteroatoms. The number of H-pyrrole nitrogens is 1. The van der Waals surface area contributed by atoms with E-state index >= 15 is 4.39 Å². The highest BCUT2D eigenvalue weighted by Crippen LogP contribution is 2.47. The predicted molar refractivity (Wildman–Crippen MR) is 168 cm³/mol. The molecule has 46 heavy (non-hydrogen) atoms. The highest BCUT2D eigenvalue weighted by Gasteiger charge is 2.39. The van der Waals surface area contributed by atoms with E-state index in [-0.39, 0.29) is 53.6 Å². The van der Waals surface area contributed by atoms with Gasteiger partial charge in [0.25, 0.3) is 5.92 Å². The molecule has 0 bridgehead atoms. The normalized spacial score (nSPS) is 15.0. The second kappa shape index (κ2) is 12.3. The number of nitrogens with one attached hydrogen (secondary N) is 2. The van der Waals surface area contributed by atoms with E-state index in [9.17, 15) is 23.1 Å². The van der Waals surface area contributed by atoms with Gasteiger partial charge in [0.05, 0.1) is 36.1 Å². The number of benzene rings is 2. The van der Waals surface area contributed by atoms with E-state index in [0.29, 0.717) is 39.1 Å². The van der Waals surface area contributed by atoms with Gasteiger partial charge < -0.3 is 15.2 Å². The van der Waals surface area contributed by atoms with Gasteiger partial charge in [-0.15, -0.1) is 11.3 Å². The van der Waals surface area contributed by atoms with Crippen molar-refractivity contribution in [3.63, 3.8) is 0 Å². The van der Waals surface area contributed by atoms with Crippen molar-refractivity contribution in [1.29, 1.82) is 0 Å². The number of aromatic amines is 1. The fourth-order valence-corrected chi connectivity index (χ4v) is 6.70. The van der Waals surface area contributed by atoms with Crippen molar-refractivity contribution in [3.8, 4) is 39.5 Å². The zero-order chi connectivity index (χ0) is 32.7. The molecule has 8 nitrogen and oxygen atoms in total. The van der Waals surface area contributed by atoms with Gasteiger partial charge in [0.2, 0.25) is 5.91 Å². The average molecular weight is 652 g/mol. The van der Waals surface area contributed by atoms with Crippen LogP contribution in [0.25, 0.3) is 43.9 Å². The molecule has 4 heterocycles. The van der Waals surface area contributed by atoms with Gasteiger partial charge in [-0.2, -0.15) is 13.9 Å². The molecule has 0 saturated carbocycles. The largest absolute Gasteiger partial charge is 0.490 e. The van der Waals surface area contributed by atoms with E-state index in [1.165, 1.54) is 17.4 Å². The Labute approximate surface area is 265 Å². The number of nitrogens with zero attached hydrogens (tertiary/aromatic N) is 3. The van der Waals surface area contributed by atoms with Crippen LogP contribution >= 0.6 is 11.3 Å². The number of carbonyl (C=O) groups excluding carboxylic acids is 1. The van der Waals surface area contributed by atoms with Gasteiger partial charge in [-0.3, -0.25) is 14.8 Å². The van der Waals surface area contributed by atoms with Crippen molar-refractivity contribution >= 4 is 27.3 Å². The fourth-order valence-electron chi connectivity index (χ4n) is 5.75. The summed E-state index contributed by atoms with van der Waals surface area (Å²) in [6.07, 6.45) is 1.14. The summed E-state index contributed by atoms with van der Waals surface area (Å²) in [6, 6.07) is 9.43. The lowest BCUT2D eigenvalue weighted by atomic mass is 9.92. The monoisotopic (exact) mass is 651 g/mol. The summed E-state index contributed by atoms with van der Waals surface area (Å²) >= 11 is 1.29. The minimum atomic E-state index is -3.02. The Kier molecular flexibility index (Phi) is 8.40. The standard InChI is InChI=1S/C33H29F4N5O3S/c1-4-27(44)38-17(2)24-14-25(41-40-24)31-29(28-23(35)12-20(34)13-26(28)45-9-8-43)32-21(7-10-46-32)30(39-31)18-5-6-22-19(11-18)15-42(3)16-33(22,36)37/h4-7,10-14,17,43H,1,8-9,15-16H2,2-3H3,(H,38,44)(H,40,41). The van der Waals surface area contributed by atoms with Crippen molar-refractivity contribution < 1.29 is 32.2 Å². The van der Waals surface area contributed by atoms with Crippen LogP contribution < -0.4 is 10.1 Å². The highest BCUT2D eigenvalue weighted by atomic mass is 32.1. The number of amides is 1. The van der Waals surface area contributed by atoms with Crippen molar-refractivity contribution in [3.05, 3.63) is 89.0 Å². The molecule has 5 aromatic rings. The third kappa shape index (κ3) is 5.77. The van der Waals surface area contributed by atoms with E-state index in [4.69, 9.17) is 9.72 Å². The van der Waals surface area contributed by atoms with Crippen LogP contribution in [-0.2, 0) is 17.3 Å². The second-order valence-corrected chi connectivity index (χ2v) is 12.0. The lowest BCUT2D eigenvalue weighted by molar-refractivity contribution is -0.117. The molecule has 2 aromatic carbocycles. The van der Waals surface area contributed by atoms with Crippen molar-refractivity contribution in [2.45, 2.75) is 25.4 Å². The number of aromatic nitrogens is 3. The number of fused-ring (bicyclic) bond motifs is 2. The first-order valence-electron chi connectivity index (χ1n) is 14.3. The number of halogens is 4. The Hall–Kier alpha value is -4.59. The van der Waals surface area contributed by atoms with Gasteiger partial charge in [-0.05, 0) is 49.2 Å². The maximum absolute atomic E-state index is 15.8. The van der Waals surface area contributed by atoms with Crippen molar-refractivity contribution in [1.82, 2.24) is 25.4 Å². The molecule has 0 saturated heterocycles. The quantitative estimate of drug-likeness (QED) is 0.123. The van der Waals surface area contributed by atoms with Crippen LogP contribution in [0.4, 0.5) is 17.6 Å². The van der Waals surface area contributed by atoms with Gasteiger partial charge >= 0.3 is 0 Å². The number of ether oxygens (including phenoxy) is 1. The summed E-state index contributed by atoms with van der Waals surface area (Å²) in [5.74, 6) is -5.34. The van der Waals surface area contributed by atoms with E-state index in [2.05, 4.69) is 22.1 Å². The molecular formula is C33H29F4N5O3S. The molecule has 0 spiro atoms. The lowest BCUT2D eigenvalue weighted by Gasteiger charge is -2.32. The molecule has 3 aromatic heterocycles. The van der Waals surface area contributed by atoms with Crippen LogP contribution in [0.5, 0.6) is 5.75 Å². The Morgan fingerprint density at radius 3 is 2.78 bits per heavy atom. The maximum Gasteiger partial charge on any atom is 0.285 e. The summed E-state index contributed by atoms with van der Waals surface area (Å²) < 4.78 is 66.2. The molecule has 0 fully saturated rings. The number of carbonyl (C=O) groups is 1. The first-order chi connectivity index (χ1) is 22.0. The van der Waals surface area contributed by atoms with Crippen LogP contribution in [-0.4, -0.2) is 57.9 Å². The van der Waals surface area contributed by atoms with E-state index in [0.717, 1.165) is 18.2 Å². The molecule has 1 amide bonds. The summed E-state index contributed by atoms with van der Waals surface area (Å²) in [7, 11) is 1.63. The minimum Gasteiger partial charge on any atom is -0.490 e. The number of thiophene rings is 1. The van der Waals surface area contributed by atoms with Crippen LogP contribution in [0, 0.1) is 11.6 Å². The summed E-state index contributed by atoms with van der Waals surface area (Å²) in [6.45, 7) is 4.53. The SMILES string of the molecule is C=CC(=O)NC(C)c1cc(-c2nc(-c3ccc4c(c3)CN(C)CC4(F)F)c3ccsc3c2-c2c(F)cc(F)cc2OCCO)n[nH]1. The van der Waals surface area contributed by atoms with Crippen LogP contribution in [0.1, 0.15) is 29.8 Å². The third-order valence-corrected chi connectivity index (χ3v) is 8.69. The Morgan fingerprint density at radius 2 is 2.02 bits per heavy atom. The fraction of sp³-hybridized carbons (Fsp3) is 0.242. The number of aliphatic hydroxyl groups is 1. The summed E-state index contributed by atoms with van der Waals surface area (Å²) in [5, 5.41) is 21.9. The molecule has 3 N–H and O–H groups in total. The maximum atomic E-state index is 15.8. The van der Waals surface area contributed by atoms with Crippen LogP contribution in [0.2, 0.25) is 0 Å². The number of alkyl halides is 2. The molecule has 238 valence electrons. The third-order valence-electron chi connectivity index (χ3n) is 7.76. The second-order valence-electron chi connectivity index (χ2n) is 11.1. The molecule has 6 rings (SSSR count). The van der Waals surface area contributed by atoms with Crippen LogP contribution in [0.3, 0.4) is 0 Å². The van der Waals surface area contributed by atoms with Gasteiger partial charge in [0.1, 0.15) is 35.4 Å². The van der Waals surface area contributed by atoms with E-state index in [1.807, 2.05) is 0 Å². The van der Waals surface area contributed by atoms with Gasteiger partial charge in [-0.25, -0.2) is 13.8 Å². The number of pyridine rings is 1. The zero-order valence-electron chi connectivity index (χ0n) is 24.8. The van der Waals surface area contributed by atoms with Gasteiger partial charge in [-0.1, -0.05) is 18.7 Å². The van der Waals surface area contributed by atoms with E-state index < -0.39 is 29.5 Å². The zero-order valence-corrected chi connectivity index (χ0v) is 25.7. The Bertz CT molecular complexity index is 1970. The Balaban J connectivity index is 1.61. The van der Waals surface area contributed by atoms with E-state index in [1.54, 1.807) is 48.5 Å². The number of likely N-dealkylation sites (N-methyl/N-ethyl adjacent to an activating group) is 1. The van der Waals surface area contributed by atoms with Crippen molar-refractivity contribution in [2.24, 2.45) is 0 Å². The molecule has 1 aliphatic heterocycles. The van der Waals surface area contributed by atoms with Crippen molar-refractivity contribution in [2.75, 3.05) is 26.8 Å². The molecule has 1 unspecified atom stereocenters.